The zero-order chi connectivity index (χ0) is 20.8. The monoisotopic (exact) mass is 530 g/mol. The van der Waals surface area contributed by atoms with Gasteiger partial charge in [-0.25, -0.2) is 13.2 Å². The van der Waals surface area contributed by atoms with Crippen molar-refractivity contribution in [3.63, 3.8) is 0 Å². The molecule has 0 atom stereocenters. The number of aliphatic imine (C=N–C) groups is 1. The third kappa shape index (κ3) is 5.74. The Morgan fingerprint density at radius 1 is 1.10 bits per heavy atom. The van der Waals surface area contributed by atoms with Gasteiger partial charge in [-0.15, -0.1) is 24.0 Å². The third-order valence-corrected chi connectivity index (χ3v) is 4.58. The van der Waals surface area contributed by atoms with Crippen LogP contribution in [0.25, 0.3) is 5.57 Å². The van der Waals surface area contributed by atoms with E-state index in [1.54, 1.807) is 7.05 Å². The first-order valence-corrected chi connectivity index (χ1v) is 9.13. The summed E-state index contributed by atoms with van der Waals surface area (Å²) in [7, 11) is 1.60. The summed E-state index contributed by atoms with van der Waals surface area (Å²) in [5, 5.41) is 5.12. The van der Waals surface area contributed by atoms with Gasteiger partial charge in [0.05, 0.1) is 12.2 Å². The Bertz CT molecular complexity index is 951. The van der Waals surface area contributed by atoms with Gasteiger partial charge in [-0.2, -0.15) is 0 Å². The van der Waals surface area contributed by atoms with Gasteiger partial charge in [-0.05, 0) is 29.7 Å². The van der Waals surface area contributed by atoms with Gasteiger partial charge in [-0.1, -0.05) is 36.4 Å². The molecule has 0 bridgehead atoms. The lowest BCUT2D eigenvalue weighted by atomic mass is 10.00. The number of amides is 1. The molecule has 0 radical (unpaired) electrons. The number of nitrogens with zero attached hydrogens (tertiary/aromatic N) is 2. The Morgan fingerprint density at radius 2 is 1.83 bits per heavy atom. The molecule has 30 heavy (non-hydrogen) atoms. The van der Waals surface area contributed by atoms with Crippen LogP contribution in [0.3, 0.4) is 0 Å². The van der Waals surface area contributed by atoms with Crippen LogP contribution in [0.4, 0.5) is 18.9 Å². The van der Waals surface area contributed by atoms with E-state index >= 15 is 0 Å². The van der Waals surface area contributed by atoms with Gasteiger partial charge < -0.3 is 15.5 Å². The maximum atomic E-state index is 13.7. The summed E-state index contributed by atoms with van der Waals surface area (Å²) in [6.07, 6.45) is 2.94. The topological polar surface area (TPSA) is 56.7 Å². The van der Waals surface area contributed by atoms with Gasteiger partial charge >= 0.3 is 0 Å². The van der Waals surface area contributed by atoms with Crippen molar-refractivity contribution in [2.75, 3.05) is 32.0 Å². The summed E-state index contributed by atoms with van der Waals surface area (Å²) < 4.78 is 39.9. The lowest BCUT2D eigenvalue weighted by molar-refractivity contribution is -0.115. The Labute approximate surface area is 190 Å². The molecule has 0 fully saturated rings. The zero-order valence-corrected chi connectivity index (χ0v) is 18.6. The van der Waals surface area contributed by atoms with Crippen molar-refractivity contribution in [1.29, 1.82) is 0 Å². The standard InChI is InChI=1S/C21H21F3N4O.HI/c1-25-21(28-11-9-15(10-12-28)14-5-3-2-4-6-14)26-13-18(29)27-17-8-7-16(22)19(23)20(17)24;/h2-9H,10-13H2,1H3,(H,25,26)(H,27,29);1H. The largest absolute Gasteiger partial charge is 0.347 e. The molecule has 0 aliphatic carbocycles. The Hall–Kier alpha value is -2.56. The van der Waals surface area contributed by atoms with Crippen molar-refractivity contribution in [3.8, 4) is 0 Å². The molecule has 1 amide bonds. The number of hydrogen-bond acceptors (Lipinski definition) is 2. The predicted octanol–water partition coefficient (Wildman–Crippen LogP) is 4.03. The van der Waals surface area contributed by atoms with Crippen molar-refractivity contribution in [2.45, 2.75) is 6.42 Å². The van der Waals surface area contributed by atoms with Crippen molar-refractivity contribution < 1.29 is 18.0 Å². The highest BCUT2D eigenvalue weighted by molar-refractivity contribution is 14.0. The van der Waals surface area contributed by atoms with Crippen molar-refractivity contribution in [2.24, 2.45) is 4.99 Å². The summed E-state index contributed by atoms with van der Waals surface area (Å²) in [6, 6.07) is 11.8. The van der Waals surface area contributed by atoms with Crippen LogP contribution in [-0.2, 0) is 4.79 Å². The third-order valence-electron chi connectivity index (χ3n) is 4.58. The van der Waals surface area contributed by atoms with Gasteiger partial charge in [0.15, 0.2) is 23.4 Å². The minimum absolute atomic E-state index is 0. The van der Waals surface area contributed by atoms with Crippen LogP contribution in [0, 0.1) is 17.5 Å². The first-order chi connectivity index (χ1) is 14.0. The molecule has 0 aromatic heterocycles. The molecule has 5 nitrogen and oxygen atoms in total. The number of halogens is 4. The van der Waals surface area contributed by atoms with E-state index in [1.807, 2.05) is 23.1 Å². The average molecular weight is 530 g/mol. The van der Waals surface area contributed by atoms with Crippen LogP contribution in [0.1, 0.15) is 12.0 Å². The highest BCUT2D eigenvalue weighted by atomic mass is 127. The fourth-order valence-electron chi connectivity index (χ4n) is 3.08. The number of carbonyl (C=O) groups excluding carboxylic acids is 1. The second-order valence-electron chi connectivity index (χ2n) is 6.46. The molecular formula is C21H22F3IN4O. The Morgan fingerprint density at radius 3 is 2.47 bits per heavy atom. The molecule has 1 aliphatic heterocycles. The number of benzene rings is 2. The van der Waals surface area contributed by atoms with Crippen LogP contribution >= 0.6 is 24.0 Å². The SMILES string of the molecule is CN=C(NCC(=O)Nc1ccc(F)c(F)c1F)N1CC=C(c2ccccc2)CC1.I. The van der Waals surface area contributed by atoms with E-state index in [4.69, 9.17) is 0 Å². The van der Waals surface area contributed by atoms with Crippen LogP contribution < -0.4 is 10.6 Å². The van der Waals surface area contributed by atoms with E-state index in [0.29, 0.717) is 12.5 Å². The minimum atomic E-state index is -1.62. The van der Waals surface area contributed by atoms with Gasteiger partial charge in [0, 0.05) is 20.1 Å². The predicted molar refractivity (Wildman–Crippen MR) is 122 cm³/mol. The summed E-state index contributed by atoms with van der Waals surface area (Å²) in [6.45, 7) is 1.15. The molecule has 0 saturated heterocycles. The molecule has 2 aromatic carbocycles. The maximum Gasteiger partial charge on any atom is 0.243 e. The number of carbonyl (C=O) groups is 1. The van der Waals surface area contributed by atoms with E-state index in [9.17, 15) is 18.0 Å². The van der Waals surface area contributed by atoms with Crippen LogP contribution in [-0.4, -0.2) is 43.4 Å². The van der Waals surface area contributed by atoms with Gasteiger partial charge in [0.25, 0.3) is 0 Å². The summed E-state index contributed by atoms with van der Waals surface area (Å²) in [4.78, 5) is 18.2. The second kappa shape index (κ2) is 11.0. The van der Waals surface area contributed by atoms with E-state index in [2.05, 4.69) is 33.8 Å². The number of guanidine groups is 1. The normalized spacial score (nSPS) is 13.9. The molecule has 3 rings (SSSR count). The van der Waals surface area contributed by atoms with Gasteiger partial charge in [-0.3, -0.25) is 9.79 Å². The molecule has 2 aromatic rings. The first kappa shape index (κ1) is 23.7. The van der Waals surface area contributed by atoms with Crippen LogP contribution in [0.5, 0.6) is 0 Å². The smallest absolute Gasteiger partial charge is 0.243 e. The fraction of sp³-hybridized carbons (Fsp3) is 0.238. The molecular weight excluding hydrogens is 508 g/mol. The quantitative estimate of drug-likeness (QED) is 0.272. The van der Waals surface area contributed by atoms with Gasteiger partial charge in [0.2, 0.25) is 5.91 Å². The molecule has 1 heterocycles. The maximum absolute atomic E-state index is 13.7. The van der Waals surface area contributed by atoms with E-state index in [0.717, 1.165) is 25.1 Å². The van der Waals surface area contributed by atoms with Crippen molar-refractivity contribution >= 4 is 47.1 Å². The second-order valence-corrected chi connectivity index (χ2v) is 6.46. The number of hydrogen-bond donors (Lipinski definition) is 2. The minimum Gasteiger partial charge on any atom is -0.347 e. The lowest BCUT2D eigenvalue weighted by Crippen LogP contribution is -2.45. The first-order valence-electron chi connectivity index (χ1n) is 9.13. The molecule has 2 N–H and O–H groups in total. The van der Waals surface area contributed by atoms with E-state index in [-0.39, 0.29) is 30.5 Å². The number of anilines is 1. The van der Waals surface area contributed by atoms with Gasteiger partial charge in [0.1, 0.15) is 0 Å². The van der Waals surface area contributed by atoms with Crippen LogP contribution in [0.2, 0.25) is 0 Å². The number of rotatable bonds is 4. The highest BCUT2D eigenvalue weighted by Gasteiger charge is 2.18. The lowest BCUT2D eigenvalue weighted by Gasteiger charge is -2.29. The average Bonchev–Trinajstić information content (AvgIpc) is 2.75. The molecule has 0 unspecified atom stereocenters. The highest BCUT2D eigenvalue weighted by Crippen LogP contribution is 2.22. The van der Waals surface area contributed by atoms with Crippen molar-refractivity contribution in [1.82, 2.24) is 10.2 Å². The fourth-order valence-corrected chi connectivity index (χ4v) is 3.08. The summed E-state index contributed by atoms with van der Waals surface area (Å²) in [5.41, 5.74) is 2.02. The Balaban J connectivity index is 0.00000320. The zero-order valence-electron chi connectivity index (χ0n) is 16.3. The molecule has 1 aliphatic rings. The molecule has 0 saturated carbocycles. The van der Waals surface area contributed by atoms with E-state index in [1.165, 1.54) is 11.1 Å². The Kier molecular flexibility index (Phi) is 8.70. The summed E-state index contributed by atoms with van der Waals surface area (Å²) in [5.74, 6) is -4.45. The molecule has 0 spiro atoms. The summed E-state index contributed by atoms with van der Waals surface area (Å²) >= 11 is 0. The molecule has 9 heteroatoms. The van der Waals surface area contributed by atoms with Crippen LogP contribution in [0.15, 0.2) is 53.5 Å². The number of nitrogens with one attached hydrogen (secondary N) is 2. The van der Waals surface area contributed by atoms with E-state index < -0.39 is 29.0 Å². The van der Waals surface area contributed by atoms with Crippen molar-refractivity contribution in [3.05, 3.63) is 71.6 Å². The molecule has 160 valence electrons.